The van der Waals surface area contributed by atoms with Crippen LogP contribution < -0.4 is 14.2 Å². The summed E-state index contributed by atoms with van der Waals surface area (Å²) in [6.45, 7) is 7.39. The van der Waals surface area contributed by atoms with E-state index in [0.29, 0.717) is 41.7 Å². The molecular formula is C29H32N2O6. The van der Waals surface area contributed by atoms with Gasteiger partial charge in [0.2, 0.25) is 12.7 Å². The van der Waals surface area contributed by atoms with E-state index >= 15 is 0 Å². The second-order valence-corrected chi connectivity index (χ2v) is 8.72. The van der Waals surface area contributed by atoms with Gasteiger partial charge in [-0.2, -0.15) is 0 Å². The lowest BCUT2D eigenvalue weighted by Crippen LogP contribution is -2.42. The first-order valence-electron chi connectivity index (χ1n) is 12.4. The van der Waals surface area contributed by atoms with E-state index in [1.54, 1.807) is 47.6 Å². The van der Waals surface area contributed by atoms with Gasteiger partial charge in [0.05, 0.1) is 19.4 Å². The van der Waals surface area contributed by atoms with Crippen molar-refractivity contribution in [3.63, 3.8) is 0 Å². The van der Waals surface area contributed by atoms with Crippen LogP contribution in [0.15, 0.2) is 77.9 Å². The third kappa shape index (κ3) is 6.94. The van der Waals surface area contributed by atoms with Gasteiger partial charge in [-0.05, 0) is 60.5 Å². The Morgan fingerprint density at radius 3 is 2.57 bits per heavy atom. The Kier molecular flexibility index (Phi) is 8.86. The molecule has 0 unspecified atom stereocenters. The van der Waals surface area contributed by atoms with Crippen molar-refractivity contribution in [3.05, 3.63) is 90.4 Å². The number of carbonyl (C=O) groups excluding carboxylic acids is 2. The SMILES string of the molecule is C=CCN(CC(=O)N(Cc1ccc2c(c1)OCO2)Cc1ccco1)C(=O)c1ccc(OCCCC)cc1. The van der Waals surface area contributed by atoms with E-state index < -0.39 is 0 Å². The van der Waals surface area contributed by atoms with Crippen LogP contribution in [0.25, 0.3) is 0 Å². The van der Waals surface area contributed by atoms with Gasteiger partial charge in [-0.15, -0.1) is 6.58 Å². The van der Waals surface area contributed by atoms with Crippen molar-refractivity contribution < 1.29 is 28.2 Å². The van der Waals surface area contributed by atoms with Crippen molar-refractivity contribution in [2.24, 2.45) is 0 Å². The molecule has 194 valence electrons. The van der Waals surface area contributed by atoms with Crippen LogP contribution >= 0.6 is 0 Å². The van der Waals surface area contributed by atoms with Crippen LogP contribution in [-0.2, 0) is 17.9 Å². The van der Waals surface area contributed by atoms with E-state index in [1.165, 1.54) is 4.90 Å². The van der Waals surface area contributed by atoms with Crippen molar-refractivity contribution in [2.75, 3.05) is 26.5 Å². The van der Waals surface area contributed by atoms with Crippen LogP contribution in [0.1, 0.15) is 41.4 Å². The molecule has 0 bridgehead atoms. The van der Waals surface area contributed by atoms with Gasteiger partial charge in [-0.3, -0.25) is 9.59 Å². The van der Waals surface area contributed by atoms with Gasteiger partial charge >= 0.3 is 0 Å². The predicted octanol–water partition coefficient (Wildman–Crippen LogP) is 5.04. The van der Waals surface area contributed by atoms with Crippen LogP contribution in [0.2, 0.25) is 0 Å². The molecule has 0 saturated carbocycles. The Labute approximate surface area is 217 Å². The van der Waals surface area contributed by atoms with Gasteiger partial charge in [-0.1, -0.05) is 25.5 Å². The number of amides is 2. The lowest BCUT2D eigenvalue weighted by molar-refractivity contribution is -0.133. The summed E-state index contributed by atoms with van der Waals surface area (Å²) in [5.74, 6) is 2.21. The van der Waals surface area contributed by atoms with Gasteiger partial charge in [0.15, 0.2) is 11.5 Å². The quantitative estimate of drug-likeness (QED) is 0.240. The molecule has 0 spiro atoms. The average molecular weight is 505 g/mol. The molecule has 0 fully saturated rings. The molecule has 1 aliphatic rings. The first kappa shape index (κ1) is 25.9. The van der Waals surface area contributed by atoms with E-state index in [4.69, 9.17) is 18.6 Å². The second kappa shape index (κ2) is 12.7. The summed E-state index contributed by atoms with van der Waals surface area (Å²) in [5, 5.41) is 0. The molecule has 0 atom stereocenters. The Balaban J connectivity index is 1.47. The number of carbonyl (C=O) groups is 2. The summed E-state index contributed by atoms with van der Waals surface area (Å²) in [6, 6.07) is 16.2. The summed E-state index contributed by atoms with van der Waals surface area (Å²) < 4.78 is 22.1. The van der Waals surface area contributed by atoms with Crippen LogP contribution in [0.5, 0.6) is 17.2 Å². The number of benzene rings is 2. The molecule has 37 heavy (non-hydrogen) atoms. The summed E-state index contributed by atoms with van der Waals surface area (Å²) in [7, 11) is 0. The number of hydrogen-bond acceptors (Lipinski definition) is 6. The second-order valence-electron chi connectivity index (χ2n) is 8.72. The summed E-state index contributed by atoms with van der Waals surface area (Å²) in [4.78, 5) is 29.9. The van der Waals surface area contributed by atoms with E-state index in [-0.39, 0.29) is 38.2 Å². The normalized spacial score (nSPS) is 11.7. The molecule has 2 aromatic carbocycles. The van der Waals surface area contributed by atoms with Crippen molar-refractivity contribution in [1.82, 2.24) is 9.80 Å². The molecule has 4 rings (SSSR count). The first-order valence-corrected chi connectivity index (χ1v) is 12.4. The van der Waals surface area contributed by atoms with Crippen LogP contribution in [0, 0.1) is 0 Å². The van der Waals surface area contributed by atoms with Crippen molar-refractivity contribution in [1.29, 1.82) is 0 Å². The predicted molar refractivity (Wildman–Crippen MR) is 138 cm³/mol. The standard InChI is InChI=1S/C29H32N2O6/c1-3-5-15-34-24-11-9-23(10-12-24)29(33)30(14-4-2)20-28(32)31(19-25-7-6-16-35-25)18-22-8-13-26-27(17-22)37-21-36-26/h4,6-13,16-17H,2-3,5,14-15,18-21H2,1H3. The number of rotatable bonds is 13. The van der Waals surface area contributed by atoms with Gasteiger partial charge in [0.1, 0.15) is 18.1 Å². The van der Waals surface area contributed by atoms with Gasteiger partial charge in [0, 0.05) is 18.7 Å². The molecule has 2 amide bonds. The largest absolute Gasteiger partial charge is 0.494 e. The maximum absolute atomic E-state index is 13.5. The highest BCUT2D eigenvalue weighted by Crippen LogP contribution is 2.33. The van der Waals surface area contributed by atoms with Crippen LogP contribution in [-0.4, -0.2) is 48.1 Å². The van der Waals surface area contributed by atoms with Crippen LogP contribution in [0.3, 0.4) is 0 Å². The average Bonchev–Trinajstić information content (AvgIpc) is 3.60. The molecule has 1 aliphatic heterocycles. The minimum Gasteiger partial charge on any atom is -0.494 e. The zero-order valence-corrected chi connectivity index (χ0v) is 21.1. The maximum Gasteiger partial charge on any atom is 0.254 e. The number of furan rings is 1. The van der Waals surface area contributed by atoms with Crippen molar-refractivity contribution >= 4 is 11.8 Å². The molecule has 0 radical (unpaired) electrons. The van der Waals surface area contributed by atoms with Gasteiger partial charge in [-0.25, -0.2) is 0 Å². The van der Waals surface area contributed by atoms with E-state index in [9.17, 15) is 9.59 Å². The smallest absolute Gasteiger partial charge is 0.254 e. The van der Waals surface area contributed by atoms with Gasteiger partial charge < -0.3 is 28.4 Å². The molecule has 0 aliphatic carbocycles. The van der Waals surface area contributed by atoms with E-state index in [0.717, 1.165) is 18.4 Å². The Hall–Kier alpha value is -4.20. The summed E-state index contributed by atoms with van der Waals surface area (Å²) in [6.07, 6.45) is 5.20. The minimum atomic E-state index is -0.255. The fourth-order valence-corrected chi connectivity index (χ4v) is 3.93. The van der Waals surface area contributed by atoms with Gasteiger partial charge in [0.25, 0.3) is 5.91 Å². The fourth-order valence-electron chi connectivity index (χ4n) is 3.93. The van der Waals surface area contributed by atoms with Crippen molar-refractivity contribution in [3.8, 4) is 17.2 Å². The Bertz CT molecular complexity index is 1190. The topological polar surface area (TPSA) is 81.5 Å². The molecule has 3 aromatic rings. The summed E-state index contributed by atoms with van der Waals surface area (Å²) in [5.41, 5.74) is 1.36. The number of ether oxygens (including phenoxy) is 3. The molecule has 0 saturated heterocycles. The molecule has 8 nitrogen and oxygen atoms in total. The number of nitrogens with zero attached hydrogens (tertiary/aromatic N) is 2. The van der Waals surface area contributed by atoms with E-state index in [2.05, 4.69) is 13.5 Å². The maximum atomic E-state index is 13.5. The first-order chi connectivity index (χ1) is 18.1. The molecule has 1 aromatic heterocycles. The highest BCUT2D eigenvalue weighted by molar-refractivity contribution is 5.96. The highest BCUT2D eigenvalue weighted by atomic mass is 16.7. The molecule has 0 N–H and O–H groups in total. The monoisotopic (exact) mass is 504 g/mol. The number of fused-ring (bicyclic) bond motifs is 1. The minimum absolute atomic E-state index is 0.106. The van der Waals surface area contributed by atoms with Crippen LogP contribution in [0.4, 0.5) is 0 Å². The fraction of sp³-hybridized carbons (Fsp3) is 0.310. The lowest BCUT2D eigenvalue weighted by Gasteiger charge is -2.27. The Morgan fingerprint density at radius 2 is 1.84 bits per heavy atom. The molecule has 8 heteroatoms. The zero-order chi connectivity index (χ0) is 26.0. The summed E-state index contributed by atoms with van der Waals surface area (Å²) >= 11 is 0. The number of hydrogen-bond donors (Lipinski definition) is 0. The highest BCUT2D eigenvalue weighted by Gasteiger charge is 2.24. The van der Waals surface area contributed by atoms with Crippen molar-refractivity contribution in [2.45, 2.75) is 32.9 Å². The molecular weight excluding hydrogens is 472 g/mol. The van der Waals surface area contributed by atoms with E-state index in [1.807, 2.05) is 24.3 Å². The zero-order valence-electron chi connectivity index (χ0n) is 21.1. The Morgan fingerprint density at radius 1 is 1.03 bits per heavy atom. The number of unbranched alkanes of at least 4 members (excludes halogenated alkanes) is 1. The third-order valence-electron chi connectivity index (χ3n) is 5.92. The third-order valence-corrected chi connectivity index (χ3v) is 5.92. The molecule has 2 heterocycles. The lowest BCUT2D eigenvalue weighted by atomic mass is 10.1.